The summed E-state index contributed by atoms with van der Waals surface area (Å²) in [6, 6.07) is 0. The van der Waals surface area contributed by atoms with Crippen LogP contribution in [0.3, 0.4) is 0 Å². The number of likely N-dealkylation sites (tertiary alicyclic amines) is 1. The zero-order valence-corrected chi connectivity index (χ0v) is 18.3. The van der Waals surface area contributed by atoms with Crippen LogP contribution in [0.4, 0.5) is 0 Å². The molecule has 0 radical (unpaired) electrons. The molecule has 0 spiro atoms. The average Bonchev–Trinajstić information content (AvgIpc) is 3.27. The van der Waals surface area contributed by atoms with Crippen LogP contribution in [-0.2, 0) is 19.9 Å². The van der Waals surface area contributed by atoms with Crippen molar-refractivity contribution in [3.05, 3.63) is 34.0 Å². The van der Waals surface area contributed by atoms with Crippen molar-refractivity contribution in [2.24, 2.45) is 18.0 Å². The van der Waals surface area contributed by atoms with Gasteiger partial charge in [-0.05, 0) is 31.2 Å². The predicted octanol–water partition coefficient (Wildman–Crippen LogP) is 2.49. The maximum atomic E-state index is 4.45. The van der Waals surface area contributed by atoms with E-state index in [2.05, 4.69) is 38.4 Å². The van der Waals surface area contributed by atoms with Crippen LogP contribution in [0.15, 0.2) is 23.6 Å². The maximum Gasteiger partial charge on any atom is 0.193 e. The summed E-state index contributed by atoms with van der Waals surface area (Å²) in [6.45, 7) is 5.11. The van der Waals surface area contributed by atoms with E-state index >= 15 is 0 Å². The Balaban J connectivity index is 0.00000225. The van der Waals surface area contributed by atoms with Crippen LogP contribution in [-0.4, -0.2) is 52.3 Å². The standard InChI is InChI=1S/C17H26N6S.HI/c1-13-9-20-16(24-13)4-6-19-17(18-2)23-7-5-14(12-23)8-15-10-21-22(3)11-15;/h9-11,14H,4-8,12H2,1-3H3,(H,18,19);1H. The Kier molecular flexibility index (Phi) is 7.67. The summed E-state index contributed by atoms with van der Waals surface area (Å²) in [7, 11) is 3.84. The molecule has 3 heterocycles. The summed E-state index contributed by atoms with van der Waals surface area (Å²) < 4.78 is 1.88. The third-order valence-electron chi connectivity index (χ3n) is 4.37. The number of nitrogens with one attached hydrogen (secondary N) is 1. The highest BCUT2D eigenvalue weighted by Crippen LogP contribution is 2.20. The van der Waals surface area contributed by atoms with Gasteiger partial charge in [-0.2, -0.15) is 5.10 Å². The summed E-state index contributed by atoms with van der Waals surface area (Å²) in [5.74, 6) is 1.69. The smallest absolute Gasteiger partial charge is 0.193 e. The van der Waals surface area contributed by atoms with E-state index in [4.69, 9.17) is 0 Å². The fourth-order valence-electron chi connectivity index (χ4n) is 3.23. The van der Waals surface area contributed by atoms with Crippen LogP contribution in [0.1, 0.15) is 21.9 Å². The van der Waals surface area contributed by atoms with Crippen LogP contribution >= 0.6 is 35.3 Å². The molecule has 1 saturated heterocycles. The summed E-state index contributed by atoms with van der Waals surface area (Å²) in [5.41, 5.74) is 1.33. The Morgan fingerprint density at radius 1 is 1.44 bits per heavy atom. The van der Waals surface area contributed by atoms with E-state index in [-0.39, 0.29) is 24.0 Å². The van der Waals surface area contributed by atoms with Gasteiger partial charge < -0.3 is 10.2 Å². The Hall–Kier alpha value is -1.16. The largest absolute Gasteiger partial charge is 0.356 e. The van der Waals surface area contributed by atoms with Gasteiger partial charge in [-0.25, -0.2) is 4.98 Å². The molecule has 1 aliphatic rings. The monoisotopic (exact) mass is 474 g/mol. The lowest BCUT2D eigenvalue weighted by Crippen LogP contribution is -2.41. The van der Waals surface area contributed by atoms with Crippen molar-refractivity contribution in [1.29, 1.82) is 0 Å². The van der Waals surface area contributed by atoms with Gasteiger partial charge in [0.05, 0.1) is 11.2 Å². The number of thiazole rings is 1. The van der Waals surface area contributed by atoms with Crippen molar-refractivity contribution < 1.29 is 0 Å². The number of guanidine groups is 1. The number of hydrogen-bond donors (Lipinski definition) is 1. The number of aliphatic imine (C=N–C) groups is 1. The molecule has 0 amide bonds. The van der Waals surface area contributed by atoms with Crippen LogP contribution in [0.5, 0.6) is 0 Å². The summed E-state index contributed by atoms with van der Waals surface area (Å²) in [6.07, 6.45) is 9.29. The molecule has 6 nitrogen and oxygen atoms in total. The van der Waals surface area contributed by atoms with Gasteiger partial charge in [0, 0.05) is 57.4 Å². The van der Waals surface area contributed by atoms with Crippen LogP contribution in [0.25, 0.3) is 0 Å². The lowest BCUT2D eigenvalue weighted by Gasteiger charge is -2.21. The summed E-state index contributed by atoms with van der Waals surface area (Å²) >= 11 is 1.77. The topological polar surface area (TPSA) is 58.3 Å². The molecule has 25 heavy (non-hydrogen) atoms. The minimum Gasteiger partial charge on any atom is -0.356 e. The van der Waals surface area contributed by atoms with E-state index in [9.17, 15) is 0 Å². The van der Waals surface area contributed by atoms with Gasteiger partial charge in [0.25, 0.3) is 0 Å². The second kappa shape index (κ2) is 9.51. The first-order chi connectivity index (χ1) is 11.6. The van der Waals surface area contributed by atoms with Crippen molar-refractivity contribution in [2.75, 3.05) is 26.7 Å². The first kappa shape index (κ1) is 20.2. The van der Waals surface area contributed by atoms with Gasteiger partial charge >= 0.3 is 0 Å². The van der Waals surface area contributed by atoms with Gasteiger partial charge in [-0.15, -0.1) is 35.3 Å². The van der Waals surface area contributed by atoms with Gasteiger partial charge in [0.15, 0.2) is 5.96 Å². The van der Waals surface area contributed by atoms with Crippen LogP contribution in [0.2, 0.25) is 0 Å². The molecular formula is C17H27IN6S. The number of aromatic nitrogens is 3. The molecule has 3 rings (SSSR count). The van der Waals surface area contributed by atoms with Crippen molar-refractivity contribution in [3.63, 3.8) is 0 Å². The number of hydrogen-bond acceptors (Lipinski definition) is 4. The second-order valence-electron chi connectivity index (χ2n) is 6.42. The van der Waals surface area contributed by atoms with E-state index < -0.39 is 0 Å². The normalized spacial score (nSPS) is 17.6. The second-order valence-corrected chi connectivity index (χ2v) is 7.74. The molecule has 8 heteroatoms. The molecule has 0 aliphatic carbocycles. The molecule has 1 aliphatic heterocycles. The van der Waals surface area contributed by atoms with E-state index in [1.165, 1.54) is 21.9 Å². The Bertz CT molecular complexity index is 695. The molecule has 1 fully saturated rings. The molecule has 2 aromatic heterocycles. The molecule has 1 atom stereocenters. The summed E-state index contributed by atoms with van der Waals surface area (Å²) in [5, 5.41) is 8.93. The van der Waals surface area contributed by atoms with Crippen LogP contribution in [0, 0.1) is 12.8 Å². The van der Waals surface area contributed by atoms with Gasteiger partial charge in [-0.3, -0.25) is 9.67 Å². The molecule has 138 valence electrons. The fourth-order valence-corrected chi connectivity index (χ4v) is 4.02. The number of aryl methyl sites for hydroxylation is 2. The minimum absolute atomic E-state index is 0. The van der Waals surface area contributed by atoms with Crippen molar-refractivity contribution in [3.8, 4) is 0 Å². The quantitative estimate of drug-likeness (QED) is 0.411. The zero-order chi connectivity index (χ0) is 16.9. The molecule has 0 bridgehead atoms. The number of nitrogens with zero attached hydrogens (tertiary/aromatic N) is 5. The van der Waals surface area contributed by atoms with E-state index in [1.54, 1.807) is 11.3 Å². The zero-order valence-electron chi connectivity index (χ0n) is 15.1. The highest BCUT2D eigenvalue weighted by Gasteiger charge is 2.25. The third kappa shape index (κ3) is 5.67. The van der Waals surface area contributed by atoms with Gasteiger partial charge in [0.2, 0.25) is 0 Å². The molecular weight excluding hydrogens is 447 g/mol. The van der Waals surface area contributed by atoms with Crippen molar-refractivity contribution in [2.45, 2.75) is 26.2 Å². The Labute approximate surface area is 170 Å². The SMILES string of the molecule is CN=C(NCCc1ncc(C)s1)N1CCC(Cc2cnn(C)c2)C1.I. The Morgan fingerprint density at radius 3 is 2.92 bits per heavy atom. The van der Waals surface area contributed by atoms with Crippen molar-refractivity contribution in [1.82, 2.24) is 25.0 Å². The molecule has 2 aromatic rings. The average molecular weight is 474 g/mol. The molecule has 0 aromatic carbocycles. The molecule has 0 saturated carbocycles. The predicted molar refractivity (Wildman–Crippen MR) is 114 cm³/mol. The third-order valence-corrected chi connectivity index (χ3v) is 5.34. The highest BCUT2D eigenvalue weighted by molar-refractivity contribution is 14.0. The lowest BCUT2D eigenvalue weighted by atomic mass is 10.0. The van der Waals surface area contributed by atoms with Crippen molar-refractivity contribution >= 4 is 41.3 Å². The first-order valence-electron chi connectivity index (χ1n) is 8.48. The number of halogens is 1. The van der Waals surface area contributed by atoms with E-state index in [0.29, 0.717) is 5.92 Å². The lowest BCUT2D eigenvalue weighted by molar-refractivity contribution is 0.460. The van der Waals surface area contributed by atoms with Gasteiger partial charge in [-0.1, -0.05) is 0 Å². The van der Waals surface area contributed by atoms with E-state index in [1.807, 2.05) is 31.2 Å². The fraction of sp³-hybridized carbons (Fsp3) is 0.588. The number of rotatable bonds is 5. The summed E-state index contributed by atoms with van der Waals surface area (Å²) in [4.78, 5) is 12.5. The highest BCUT2D eigenvalue weighted by atomic mass is 127. The maximum absolute atomic E-state index is 4.45. The molecule has 1 N–H and O–H groups in total. The minimum atomic E-state index is 0. The molecule has 1 unspecified atom stereocenters. The van der Waals surface area contributed by atoms with Gasteiger partial charge in [0.1, 0.15) is 0 Å². The van der Waals surface area contributed by atoms with E-state index in [0.717, 1.165) is 38.4 Å². The first-order valence-corrected chi connectivity index (χ1v) is 9.30. The van der Waals surface area contributed by atoms with Crippen LogP contribution < -0.4 is 5.32 Å². The Morgan fingerprint density at radius 2 is 2.28 bits per heavy atom.